The van der Waals surface area contributed by atoms with Gasteiger partial charge in [-0.05, 0) is 97.8 Å². The maximum Gasteiger partial charge on any atom is 0.313 e. The zero-order valence-electron chi connectivity index (χ0n) is 25.7. The largest absolute Gasteiger partial charge is 0.488 e. The molecular formula is C32H33F5N2O4S2. The van der Waals surface area contributed by atoms with E-state index in [1.807, 2.05) is 20.8 Å². The standard InChI is InChI=1S/C32H33F5N2O4S2/c1-32(2,3)42-22-9-8-10-25(19-22)44(23-15-11-20(12-16-23)38(4)5,24-17-13-21(14-18-24)39(6)7)43-45(40,41)31-29(36)27(34)26(33)28(35)30(31)37/h8-19H,1-7H3. The van der Waals surface area contributed by atoms with Gasteiger partial charge in [0, 0.05) is 54.3 Å². The molecule has 0 aliphatic carbocycles. The summed E-state index contributed by atoms with van der Waals surface area (Å²) in [5.41, 5.74) is 0.810. The van der Waals surface area contributed by atoms with E-state index < -0.39 is 60.0 Å². The smallest absolute Gasteiger partial charge is 0.313 e. The first-order chi connectivity index (χ1) is 20.9. The highest BCUT2D eigenvalue weighted by Crippen LogP contribution is 2.71. The quantitative estimate of drug-likeness (QED) is 0.102. The Morgan fingerprint density at radius 1 is 0.600 bits per heavy atom. The third-order valence-electron chi connectivity index (χ3n) is 6.54. The van der Waals surface area contributed by atoms with Gasteiger partial charge in [-0.25, -0.2) is 25.6 Å². The molecule has 0 bridgehead atoms. The number of benzene rings is 4. The van der Waals surface area contributed by atoms with Crippen molar-refractivity contribution < 1.29 is 38.7 Å². The fraction of sp³-hybridized carbons (Fsp3) is 0.250. The van der Waals surface area contributed by atoms with Crippen LogP contribution in [-0.4, -0.2) is 42.2 Å². The first-order valence-electron chi connectivity index (χ1n) is 13.5. The van der Waals surface area contributed by atoms with E-state index in [4.69, 9.17) is 8.37 Å². The first kappa shape index (κ1) is 34.1. The molecule has 0 spiro atoms. The molecule has 4 rings (SSSR count). The van der Waals surface area contributed by atoms with E-state index in [9.17, 15) is 21.6 Å². The second-order valence-corrected chi connectivity index (χ2v) is 15.8. The number of hydrogen-bond acceptors (Lipinski definition) is 6. The van der Waals surface area contributed by atoms with Crippen LogP contribution in [0.4, 0.5) is 33.3 Å². The Balaban J connectivity index is 2.12. The molecule has 242 valence electrons. The highest BCUT2D eigenvalue weighted by atomic mass is 32.3. The van der Waals surface area contributed by atoms with E-state index in [0.29, 0.717) is 5.75 Å². The van der Waals surface area contributed by atoms with Crippen molar-refractivity contribution in [1.29, 1.82) is 0 Å². The Labute approximate surface area is 261 Å². The summed E-state index contributed by atoms with van der Waals surface area (Å²) >= 11 is 0. The zero-order valence-corrected chi connectivity index (χ0v) is 27.3. The molecule has 4 aromatic carbocycles. The van der Waals surface area contributed by atoms with Crippen LogP contribution < -0.4 is 14.5 Å². The minimum Gasteiger partial charge on any atom is -0.488 e. The van der Waals surface area contributed by atoms with Gasteiger partial charge in [0.2, 0.25) is 5.82 Å². The van der Waals surface area contributed by atoms with Crippen LogP contribution in [-0.2, 0) is 13.7 Å². The molecule has 6 nitrogen and oxygen atoms in total. The van der Waals surface area contributed by atoms with Gasteiger partial charge in [0.25, 0.3) is 0 Å². The predicted molar refractivity (Wildman–Crippen MR) is 165 cm³/mol. The van der Waals surface area contributed by atoms with Crippen LogP contribution >= 0.6 is 10.3 Å². The van der Waals surface area contributed by atoms with Gasteiger partial charge >= 0.3 is 10.1 Å². The van der Waals surface area contributed by atoms with Gasteiger partial charge in [-0.2, -0.15) is 8.42 Å². The molecule has 0 aliphatic rings. The van der Waals surface area contributed by atoms with Crippen LogP contribution in [0.25, 0.3) is 0 Å². The molecule has 0 heterocycles. The Bertz CT molecular complexity index is 1730. The summed E-state index contributed by atoms with van der Waals surface area (Å²) in [6.45, 7) is 5.43. The number of anilines is 2. The SMILES string of the molecule is CN(C)c1ccc(S(OS(=O)(=O)c2c(F)c(F)c(F)c(F)c2F)(c2ccc(N(C)C)cc2)c2cccc(OC(C)(C)C)c2)cc1. The Hall–Kier alpha value is -3.81. The first-order valence-corrected chi connectivity index (χ1v) is 16.5. The van der Waals surface area contributed by atoms with Gasteiger partial charge in [0.15, 0.2) is 28.2 Å². The normalized spacial score (nSPS) is 12.6. The molecule has 0 saturated heterocycles. The minimum absolute atomic E-state index is 0.215. The lowest BCUT2D eigenvalue weighted by molar-refractivity contribution is 0.130. The Kier molecular flexibility index (Phi) is 9.49. The summed E-state index contributed by atoms with van der Waals surface area (Å²) in [7, 11) is -2.06. The molecule has 0 amide bonds. The molecule has 0 saturated carbocycles. The van der Waals surface area contributed by atoms with E-state index in [1.54, 1.807) is 105 Å². The van der Waals surface area contributed by atoms with Crippen molar-refractivity contribution in [2.24, 2.45) is 0 Å². The topological polar surface area (TPSA) is 59.1 Å². The maximum atomic E-state index is 15.0. The van der Waals surface area contributed by atoms with Gasteiger partial charge in [-0.1, -0.05) is 6.07 Å². The van der Waals surface area contributed by atoms with Crippen molar-refractivity contribution in [3.05, 3.63) is 102 Å². The third kappa shape index (κ3) is 6.75. The maximum absolute atomic E-state index is 15.0. The number of rotatable bonds is 9. The molecule has 0 radical (unpaired) electrons. The van der Waals surface area contributed by atoms with Crippen molar-refractivity contribution in [3.8, 4) is 5.75 Å². The van der Waals surface area contributed by atoms with Crippen LogP contribution in [0, 0.1) is 29.1 Å². The van der Waals surface area contributed by atoms with E-state index in [2.05, 4.69) is 0 Å². The van der Waals surface area contributed by atoms with Crippen molar-refractivity contribution in [2.75, 3.05) is 38.0 Å². The van der Waals surface area contributed by atoms with Gasteiger partial charge in [0.05, 0.1) is 0 Å². The average Bonchev–Trinajstić information content (AvgIpc) is 2.97. The van der Waals surface area contributed by atoms with Crippen molar-refractivity contribution in [3.63, 3.8) is 0 Å². The molecular weight excluding hydrogens is 635 g/mol. The van der Waals surface area contributed by atoms with E-state index in [0.717, 1.165) is 11.4 Å². The Morgan fingerprint density at radius 3 is 1.42 bits per heavy atom. The molecule has 0 aliphatic heterocycles. The molecule has 0 unspecified atom stereocenters. The minimum atomic E-state index is -5.71. The summed E-state index contributed by atoms with van der Waals surface area (Å²) in [5, 5.41) is 0. The van der Waals surface area contributed by atoms with Crippen LogP contribution in [0.3, 0.4) is 0 Å². The third-order valence-corrected chi connectivity index (χ3v) is 11.7. The second kappa shape index (κ2) is 12.5. The highest BCUT2D eigenvalue weighted by Gasteiger charge is 2.43. The Morgan fingerprint density at radius 2 is 1.02 bits per heavy atom. The molecule has 0 aromatic heterocycles. The fourth-order valence-electron chi connectivity index (χ4n) is 4.44. The lowest BCUT2D eigenvalue weighted by atomic mass is 10.2. The van der Waals surface area contributed by atoms with E-state index in [-0.39, 0.29) is 14.7 Å². The van der Waals surface area contributed by atoms with Crippen LogP contribution in [0.15, 0.2) is 92.4 Å². The lowest BCUT2D eigenvalue weighted by Gasteiger charge is -2.40. The molecule has 4 aromatic rings. The van der Waals surface area contributed by atoms with Crippen molar-refractivity contribution in [1.82, 2.24) is 0 Å². The molecule has 0 atom stereocenters. The van der Waals surface area contributed by atoms with E-state index in [1.165, 1.54) is 6.07 Å². The average molecular weight is 669 g/mol. The molecule has 0 fully saturated rings. The van der Waals surface area contributed by atoms with Crippen LogP contribution in [0.1, 0.15) is 20.8 Å². The lowest BCUT2D eigenvalue weighted by Crippen LogP contribution is -2.23. The zero-order chi connectivity index (χ0) is 33.5. The summed E-state index contributed by atoms with van der Waals surface area (Å²) in [6, 6.07) is 19.5. The summed E-state index contributed by atoms with van der Waals surface area (Å²) in [5.74, 6) is -12.1. The number of hydrogen-bond donors (Lipinski definition) is 0. The monoisotopic (exact) mass is 668 g/mol. The van der Waals surface area contributed by atoms with Crippen LogP contribution in [0.2, 0.25) is 0 Å². The summed E-state index contributed by atoms with van der Waals surface area (Å²) < 4.78 is 112. The predicted octanol–water partition coefficient (Wildman–Crippen LogP) is 8.29. The molecule has 45 heavy (non-hydrogen) atoms. The number of halogens is 5. The summed E-state index contributed by atoms with van der Waals surface area (Å²) in [4.78, 5) is 2.24. The van der Waals surface area contributed by atoms with Gasteiger partial charge in [0.1, 0.15) is 11.4 Å². The summed E-state index contributed by atoms with van der Waals surface area (Å²) in [6.07, 6.45) is 0. The van der Waals surface area contributed by atoms with E-state index >= 15 is 8.78 Å². The number of nitrogens with zero attached hydrogens (tertiary/aromatic N) is 2. The number of ether oxygens (including phenoxy) is 1. The van der Waals surface area contributed by atoms with Crippen molar-refractivity contribution in [2.45, 2.75) is 46.0 Å². The van der Waals surface area contributed by atoms with Crippen molar-refractivity contribution >= 4 is 31.8 Å². The molecule has 0 N–H and O–H groups in total. The highest BCUT2D eigenvalue weighted by molar-refractivity contribution is 8.33. The molecule has 13 heteroatoms. The fourth-order valence-corrected chi connectivity index (χ4v) is 9.76. The second-order valence-electron chi connectivity index (χ2n) is 11.4. The van der Waals surface area contributed by atoms with Gasteiger partial charge in [-0.15, -0.1) is 0 Å². The van der Waals surface area contributed by atoms with Gasteiger partial charge < -0.3 is 14.5 Å². The van der Waals surface area contributed by atoms with Gasteiger partial charge in [-0.3, -0.25) is 0 Å². The van der Waals surface area contributed by atoms with Crippen LogP contribution in [0.5, 0.6) is 5.75 Å².